The van der Waals surface area contributed by atoms with Crippen LogP contribution in [0, 0.1) is 3.57 Å². The fourth-order valence-electron chi connectivity index (χ4n) is 1.52. The molecule has 2 rings (SSSR count). The monoisotopic (exact) mass is 343 g/mol. The minimum atomic E-state index is 0.977. The van der Waals surface area contributed by atoms with E-state index in [0.29, 0.717) is 0 Å². The summed E-state index contributed by atoms with van der Waals surface area (Å²) in [5.74, 6) is 0. The number of thiophene rings is 1. The van der Waals surface area contributed by atoms with E-state index in [4.69, 9.17) is 0 Å². The third-order valence-corrected chi connectivity index (χ3v) is 4.13. The van der Waals surface area contributed by atoms with Crippen molar-refractivity contribution in [3.8, 4) is 10.4 Å². The maximum Gasteiger partial charge on any atom is 0.0346 e. The maximum atomic E-state index is 3.35. The van der Waals surface area contributed by atoms with E-state index in [1.165, 1.54) is 18.9 Å². The van der Waals surface area contributed by atoms with Gasteiger partial charge in [-0.25, -0.2) is 0 Å². The lowest BCUT2D eigenvalue weighted by molar-refractivity contribution is 0.735. The first-order valence-electron chi connectivity index (χ1n) is 5.35. The van der Waals surface area contributed by atoms with Gasteiger partial charge in [-0.2, -0.15) is 0 Å². The molecule has 0 fully saturated rings. The molecule has 1 heterocycles. The van der Waals surface area contributed by atoms with Crippen LogP contribution in [0.5, 0.6) is 0 Å². The minimum absolute atomic E-state index is 0.977. The predicted molar refractivity (Wildman–Crippen MR) is 79.9 cm³/mol. The molecule has 84 valence electrons. The van der Waals surface area contributed by atoms with Gasteiger partial charge in [0.05, 0.1) is 0 Å². The lowest BCUT2D eigenvalue weighted by atomic mass is 10.2. The Labute approximate surface area is 114 Å². The third kappa shape index (κ3) is 3.06. The number of rotatable bonds is 4. The van der Waals surface area contributed by atoms with Gasteiger partial charge in [0.2, 0.25) is 0 Å². The van der Waals surface area contributed by atoms with Crippen molar-refractivity contribution < 1.29 is 0 Å². The molecule has 1 aromatic carbocycles. The van der Waals surface area contributed by atoms with Crippen LogP contribution < -0.4 is 5.32 Å². The summed E-state index contributed by atoms with van der Waals surface area (Å²) < 4.78 is 1.29. The van der Waals surface area contributed by atoms with E-state index in [-0.39, 0.29) is 0 Å². The average molecular weight is 343 g/mol. The van der Waals surface area contributed by atoms with Crippen molar-refractivity contribution in [1.29, 1.82) is 0 Å². The predicted octanol–water partition coefficient (Wildman–Crippen LogP) is 4.13. The number of benzene rings is 1. The third-order valence-electron chi connectivity index (χ3n) is 2.32. The summed E-state index contributed by atoms with van der Waals surface area (Å²) in [5.41, 5.74) is 1.32. The fourth-order valence-corrected chi connectivity index (χ4v) is 3.03. The molecule has 0 radical (unpaired) electrons. The first-order valence-corrected chi connectivity index (χ1v) is 7.24. The second-order valence-electron chi connectivity index (χ2n) is 3.56. The zero-order chi connectivity index (χ0) is 11.4. The van der Waals surface area contributed by atoms with Crippen molar-refractivity contribution in [2.75, 3.05) is 6.54 Å². The van der Waals surface area contributed by atoms with E-state index in [2.05, 4.69) is 71.2 Å². The van der Waals surface area contributed by atoms with Crippen molar-refractivity contribution in [3.05, 3.63) is 44.8 Å². The molecule has 0 unspecified atom stereocenters. The quantitative estimate of drug-likeness (QED) is 0.823. The van der Waals surface area contributed by atoms with Crippen molar-refractivity contribution in [3.63, 3.8) is 0 Å². The highest BCUT2D eigenvalue weighted by molar-refractivity contribution is 14.1. The highest BCUT2D eigenvalue weighted by atomic mass is 127. The van der Waals surface area contributed by atoms with Crippen LogP contribution in [0.2, 0.25) is 0 Å². The van der Waals surface area contributed by atoms with Crippen LogP contribution in [-0.4, -0.2) is 6.54 Å². The molecule has 0 aliphatic heterocycles. The van der Waals surface area contributed by atoms with E-state index >= 15 is 0 Å². The molecule has 1 N–H and O–H groups in total. The molecule has 0 spiro atoms. The van der Waals surface area contributed by atoms with Crippen LogP contribution in [0.1, 0.15) is 11.8 Å². The summed E-state index contributed by atoms with van der Waals surface area (Å²) in [6.07, 6.45) is 0. The second kappa shape index (κ2) is 5.80. The summed E-state index contributed by atoms with van der Waals surface area (Å²) in [7, 11) is 0. The molecule has 0 saturated carbocycles. The molecule has 16 heavy (non-hydrogen) atoms. The van der Waals surface area contributed by atoms with Gasteiger partial charge in [-0.1, -0.05) is 19.1 Å². The Morgan fingerprint density at radius 2 is 2.12 bits per heavy atom. The SMILES string of the molecule is CCNCc1ccc(-c2cccc(I)c2)s1. The molecule has 1 nitrogen and oxygen atoms in total. The van der Waals surface area contributed by atoms with Crippen LogP contribution in [0.15, 0.2) is 36.4 Å². The van der Waals surface area contributed by atoms with Gasteiger partial charge >= 0.3 is 0 Å². The van der Waals surface area contributed by atoms with Crippen molar-refractivity contribution >= 4 is 33.9 Å². The summed E-state index contributed by atoms with van der Waals surface area (Å²) in [4.78, 5) is 2.75. The molecule has 0 atom stereocenters. The van der Waals surface area contributed by atoms with Gasteiger partial charge in [0, 0.05) is 19.9 Å². The zero-order valence-corrected chi connectivity index (χ0v) is 12.1. The Morgan fingerprint density at radius 1 is 1.25 bits per heavy atom. The molecule has 0 bridgehead atoms. The number of hydrogen-bond donors (Lipinski definition) is 1. The highest BCUT2D eigenvalue weighted by Gasteiger charge is 2.02. The lowest BCUT2D eigenvalue weighted by Crippen LogP contribution is -2.10. The van der Waals surface area contributed by atoms with Crippen molar-refractivity contribution in [2.45, 2.75) is 13.5 Å². The Morgan fingerprint density at radius 3 is 2.88 bits per heavy atom. The molecular formula is C13H14INS. The Bertz CT molecular complexity index is 464. The molecule has 2 aromatic rings. The molecule has 0 saturated heterocycles. The maximum absolute atomic E-state index is 3.35. The standard InChI is InChI=1S/C13H14INS/c1-2-15-9-12-6-7-13(16-12)10-4-3-5-11(14)8-10/h3-8,15H,2,9H2,1H3. The lowest BCUT2D eigenvalue weighted by Gasteiger charge is -1.98. The van der Waals surface area contributed by atoms with E-state index in [1.807, 2.05) is 11.3 Å². The highest BCUT2D eigenvalue weighted by Crippen LogP contribution is 2.28. The molecule has 1 aromatic heterocycles. The summed E-state index contributed by atoms with van der Waals surface area (Å²) in [6.45, 7) is 4.13. The summed E-state index contributed by atoms with van der Waals surface area (Å²) in [5, 5.41) is 3.35. The van der Waals surface area contributed by atoms with Gasteiger partial charge in [0.15, 0.2) is 0 Å². The van der Waals surface area contributed by atoms with Crippen molar-refractivity contribution in [2.24, 2.45) is 0 Å². The number of hydrogen-bond acceptors (Lipinski definition) is 2. The number of nitrogens with one attached hydrogen (secondary N) is 1. The summed E-state index contributed by atoms with van der Waals surface area (Å²) >= 11 is 4.22. The van der Waals surface area contributed by atoms with Gasteiger partial charge in [-0.3, -0.25) is 0 Å². The first kappa shape index (κ1) is 12.1. The smallest absolute Gasteiger partial charge is 0.0346 e. The van der Waals surface area contributed by atoms with Crippen LogP contribution in [-0.2, 0) is 6.54 Å². The molecule has 0 aliphatic rings. The Balaban J connectivity index is 2.18. The topological polar surface area (TPSA) is 12.0 Å². The second-order valence-corrected chi connectivity index (χ2v) is 5.97. The normalized spacial score (nSPS) is 10.6. The Hall–Kier alpha value is -0.390. The van der Waals surface area contributed by atoms with Gasteiger partial charge < -0.3 is 5.32 Å². The molecular weight excluding hydrogens is 329 g/mol. The van der Waals surface area contributed by atoms with E-state index in [1.54, 1.807) is 0 Å². The van der Waals surface area contributed by atoms with Crippen LogP contribution in [0.25, 0.3) is 10.4 Å². The summed E-state index contributed by atoms with van der Waals surface area (Å²) in [6, 6.07) is 13.1. The van der Waals surface area contributed by atoms with Crippen LogP contribution >= 0.6 is 33.9 Å². The number of halogens is 1. The minimum Gasteiger partial charge on any atom is -0.312 e. The zero-order valence-electron chi connectivity index (χ0n) is 9.16. The first-order chi connectivity index (χ1) is 7.79. The van der Waals surface area contributed by atoms with E-state index in [9.17, 15) is 0 Å². The van der Waals surface area contributed by atoms with E-state index < -0.39 is 0 Å². The molecule has 0 amide bonds. The van der Waals surface area contributed by atoms with Gasteiger partial charge in [-0.05, 0) is 59.0 Å². The van der Waals surface area contributed by atoms with Crippen molar-refractivity contribution in [1.82, 2.24) is 5.32 Å². The van der Waals surface area contributed by atoms with Gasteiger partial charge in [0.1, 0.15) is 0 Å². The van der Waals surface area contributed by atoms with Gasteiger partial charge in [-0.15, -0.1) is 11.3 Å². The Kier molecular flexibility index (Phi) is 4.37. The molecule has 0 aliphatic carbocycles. The average Bonchev–Trinajstić information content (AvgIpc) is 2.75. The largest absolute Gasteiger partial charge is 0.312 e. The van der Waals surface area contributed by atoms with Gasteiger partial charge in [0.25, 0.3) is 0 Å². The molecule has 3 heteroatoms. The van der Waals surface area contributed by atoms with Crippen LogP contribution in [0.4, 0.5) is 0 Å². The fraction of sp³-hybridized carbons (Fsp3) is 0.231. The van der Waals surface area contributed by atoms with E-state index in [0.717, 1.165) is 13.1 Å². The van der Waals surface area contributed by atoms with Crippen LogP contribution in [0.3, 0.4) is 0 Å².